The molecule has 7 nitrogen and oxygen atoms in total. The van der Waals surface area contributed by atoms with E-state index in [0.29, 0.717) is 23.8 Å². The summed E-state index contributed by atoms with van der Waals surface area (Å²) in [5.74, 6) is 1.10. The average molecular weight is 397 g/mol. The summed E-state index contributed by atoms with van der Waals surface area (Å²) in [5.41, 5.74) is 0.592. The Morgan fingerprint density at radius 3 is 2.62 bits per heavy atom. The molecule has 154 valence electrons. The number of ketones is 1. The van der Waals surface area contributed by atoms with Gasteiger partial charge in [-0.15, -0.1) is 0 Å². The molecule has 29 heavy (non-hydrogen) atoms. The van der Waals surface area contributed by atoms with Crippen LogP contribution in [0.1, 0.15) is 69.7 Å². The van der Waals surface area contributed by atoms with E-state index in [1.165, 1.54) is 30.9 Å². The summed E-state index contributed by atoms with van der Waals surface area (Å²) in [6.45, 7) is 3.87. The summed E-state index contributed by atoms with van der Waals surface area (Å²) in [7, 11) is 0. The molecule has 1 heterocycles. The van der Waals surface area contributed by atoms with Crippen molar-refractivity contribution in [1.82, 2.24) is 9.71 Å². The van der Waals surface area contributed by atoms with Gasteiger partial charge >= 0.3 is 5.97 Å². The maximum atomic E-state index is 11.5. The van der Waals surface area contributed by atoms with Crippen LogP contribution in [0.4, 0.5) is 0 Å². The van der Waals surface area contributed by atoms with E-state index in [1.807, 2.05) is 19.1 Å². The van der Waals surface area contributed by atoms with Gasteiger partial charge < -0.3 is 9.57 Å². The van der Waals surface area contributed by atoms with E-state index in [9.17, 15) is 9.59 Å². The molecule has 7 heteroatoms. The molecule has 2 aromatic rings. The minimum Gasteiger partial charge on any atom is -0.492 e. The molecule has 0 N–H and O–H groups in total. The van der Waals surface area contributed by atoms with Crippen LogP contribution < -0.4 is 9.57 Å². The van der Waals surface area contributed by atoms with Gasteiger partial charge in [0.25, 0.3) is 0 Å². The van der Waals surface area contributed by atoms with Crippen LogP contribution in [0.3, 0.4) is 0 Å². The van der Waals surface area contributed by atoms with Crippen molar-refractivity contribution in [3.05, 3.63) is 48.0 Å². The Kier molecular flexibility index (Phi) is 8.90. The molecular weight excluding hydrogens is 370 g/mol. The van der Waals surface area contributed by atoms with Gasteiger partial charge in [-0.25, -0.2) is 9.78 Å². The molecule has 1 aliphatic rings. The first-order chi connectivity index (χ1) is 14.0. The molecule has 0 unspecified atom stereocenters. The van der Waals surface area contributed by atoms with Crippen molar-refractivity contribution in [2.75, 3.05) is 6.61 Å². The molecule has 1 fully saturated rings. The molecule has 0 bridgehead atoms. The molecule has 0 spiro atoms. The topological polar surface area (TPSA) is 94.2 Å². The highest BCUT2D eigenvalue weighted by atomic mass is 16.7. The monoisotopic (exact) mass is 397 g/mol. The molecule has 0 saturated heterocycles. The first kappa shape index (κ1) is 22.2. The quantitative estimate of drug-likeness (QED) is 0.688. The van der Waals surface area contributed by atoms with Crippen LogP contribution in [0, 0.1) is 11.3 Å². The second-order valence-corrected chi connectivity index (χ2v) is 6.83. The van der Waals surface area contributed by atoms with E-state index < -0.39 is 5.97 Å². The molecule has 0 amide bonds. The number of nitriles is 1. The largest absolute Gasteiger partial charge is 0.492 e. The number of rotatable bonds is 6. The number of aromatic nitrogens is 2. The molecule has 0 aliphatic heterocycles. The van der Waals surface area contributed by atoms with E-state index in [4.69, 9.17) is 14.8 Å². The molecule has 1 aliphatic carbocycles. The normalized spacial score (nSPS) is 13.6. The fraction of sp³-hybridized carbons (Fsp3) is 0.455. The lowest BCUT2D eigenvalue weighted by molar-refractivity contribution is -0.146. The lowest BCUT2D eigenvalue weighted by Crippen LogP contribution is -2.24. The van der Waals surface area contributed by atoms with Crippen LogP contribution in [0.15, 0.2) is 36.7 Å². The van der Waals surface area contributed by atoms with Crippen molar-refractivity contribution in [2.24, 2.45) is 0 Å². The summed E-state index contributed by atoms with van der Waals surface area (Å²) in [6, 6.07) is 9.26. The Balaban J connectivity index is 0.000000234. The first-order valence-corrected chi connectivity index (χ1v) is 9.91. The lowest BCUT2D eigenvalue weighted by atomic mass is 9.89. The van der Waals surface area contributed by atoms with Crippen molar-refractivity contribution in [2.45, 2.75) is 58.3 Å². The molecular formula is C22H27N3O4. The van der Waals surface area contributed by atoms with E-state index in [0.717, 1.165) is 18.7 Å². The van der Waals surface area contributed by atoms with Crippen LogP contribution in [0.2, 0.25) is 0 Å². The van der Waals surface area contributed by atoms with Crippen LogP contribution in [0.25, 0.3) is 0 Å². The summed E-state index contributed by atoms with van der Waals surface area (Å²) in [6.07, 6.45) is 8.89. The van der Waals surface area contributed by atoms with Crippen LogP contribution >= 0.6 is 0 Å². The zero-order valence-electron chi connectivity index (χ0n) is 17.0. The molecule has 1 saturated carbocycles. The number of carbonyl (C=O) groups is 2. The highest BCUT2D eigenvalue weighted by Crippen LogP contribution is 2.31. The number of hydrogen-bond donors (Lipinski definition) is 0. The third-order valence-electron chi connectivity index (χ3n) is 4.51. The van der Waals surface area contributed by atoms with Crippen LogP contribution in [-0.2, 0) is 9.59 Å². The lowest BCUT2D eigenvalue weighted by Gasteiger charge is -2.21. The number of benzene rings is 1. The Labute approximate surface area is 171 Å². The molecule has 0 radical (unpaired) electrons. The van der Waals surface area contributed by atoms with E-state index in [-0.39, 0.29) is 12.2 Å². The smallest absolute Gasteiger partial charge is 0.340 e. The highest BCUT2D eigenvalue weighted by molar-refractivity contribution is 5.94. The number of para-hydroxylation sites is 1. The SMILES string of the molecule is CC(=O)CC(=O)On1ccnc1C1CCCCC1.CCOc1ccccc1C#N. The minimum absolute atomic E-state index is 0.192. The van der Waals surface area contributed by atoms with E-state index in [1.54, 1.807) is 24.5 Å². The van der Waals surface area contributed by atoms with Crippen molar-refractivity contribution < 1.29 is 19.2 Å². The van der Waals surface area contributed by atoms with Gasteiger partial charge in [0, 0.05) is 12.1 Å². The number of carbonyl (C=O) groups excluding carboxylic acids is 2. The number of ether oxygens (including phenoxy) is 1. The maximum Gasteiger partial charge on any atom is 0.340 e. The fourth-order valence-corrected chi connectivity index (χ4v) is 3.21. The van der Waals surface area contributed by atoms with Gasteiger partial charge in [0.15, 0.2) is 0 Å². The second-order valence-electron chi connectivity index (χ2n) is 6.83. The van der Waals surface area contributed by atoms with Crippen molar-refractivity contribution >= 4 is 11.8 Å². The van der Waals surface area contributed by atoms with Gasteiger partial charge in [0.1, 0.15) is 29.8 Å². The Morgan fingerprint density at radius 2 is 1.97 bits per heavy atom. The van der Waals surface area contributed by atoms with Crippen molar-refractivity contribution in [3.8, 4) is 11.8 Å². The summed E-state index contributed by atoms with van der Waals surface area (Å²) in [5, 5.41) is 8.62. The third kappa shape index (κ3) is 7.07. The molecule has 1 aromatic heterocycles. The predicted molar refractivity (Wildman–Crippen MR) is 107 cm³/mol. The molecule has 0 atom stereocenters. The summed E-state index contributed by atoms with van der Waals surface area (Å²) < 4.78 is 6.62. The van der Waals surface area contributed by atoms with Gasteiger partial charge in [-0.2, -0.15) is 9.99 Å². The van der Waals surface area contributed by atoms with Gasteiger partial charge in [0.05, 0.1) is 18.4 Å². The molecule has 1 aromatic carbocycles. The standard InChI is InChI=1S/C13H18N2O3.C9H9NO/c1-10(16)9-12(17)18-15-8-7-14-13(15)11-5-3-2-4-6-11;1-2-11-9-6-4-3-5-8(9)7-10/h7-8,11H,2-6,9H2,1H3;3-6H,2H2,1H3. The highest BCUT2D eigenvalue weighted by Gasteiger charge is 2.21. The van der Waals surface area contributed by atoms with Crippen molar-refractivity contribution in [1.29, 1.82) is 5.26 Å². The predicted octanol–water partition coefficient (Wildman–Crippen LogP) is 3.82. The minimum atomic E-state index is -0.530. The Morgan fingerprint density at radius 1 is 1.24 bits per heavy atom. The number of imidazole rings is 1. The molecule has 3 rings (SSSR count). The van der Waals surface area contributed by atoms with Crippen molar-refractivity contribution in [3.63, 3.8) is 0 Å². The van der Waals surface area contributed by atoms with Gasteiger partial charge in [-0.05, 0) is 38.8 Å². The second kappa shape index (κ2) is 11.6. The average Bonchev–Trinajstić information content (AvgIpc) is 3.17. The van der Waals surface area contributed by atoms with Crippen LogP contribution in [0.5, 0.6) is 5.75 Å². The van der Waals surface area contributed by atoms with E-state index in [2.05, 4.69) is 11.1 Å². The first-order valence-electron chi connectivity index (χ1n) is 9.91. The van der Waals surface area contributed by atoms with Gasteiger partial charge in [-0.3, -0.25) is 4.79 Å². The van der Waals surface area contributed by atoms with Gasteiger partial charge in [-0.1, -0.05) is 31.4 Å². The number of hydrogen-bond acceptors (Lipinski definition) is 6. The maximum absolute atomic E-state index is 11.5. The van der Waals surface area contributed by atoms with E-state index >= 15 is 0 Å². The van der Waals surface area contributed by atoms with Crippen LogP contribution in [-0.4, -0.2) is 28.1 Å². The summed E-state index contributed by atoms with van der Waals surface area (Å²) in [4.78, 5) is 31.7. The third-order valence-corrected chi connectivity index (χ3v) is 4.51. The zero-order valence-corrected chi connectivity index (χ0v) is 17.0. The number of Topliss-reactive ketones (excluding diaryl/α,β-unsaturated/α-hetero) is 1. The fourth-order valence-electron chi connectivity index (χ4n) is 3.21. The summed E-state index contributed by atoms with van der Waals surface area (Å²) >= 11 is 0. The van der Waals surface area contributed by atoms with Gasteiger partial charge in [0.2, 0.25) is 0 Å². The zero-order chi connectivity index (χ0) is 21.1. The Bertz CT molecular complexity index is 848. The Hall–Kier alpha value is -3.14. The number of nitrogens with zero attached hydrogens (tertiary/aromatic N) is 3.